The number of nitrogen functional groups attached to an aromatic ring is 1. The lowest BCUT2D eigenvalue weighted by Crippen LogP contribution is -2.17. The highest BCUT2D eigenvalue weighted by atomic mass is 32.2. The third kappa shape index (κ3) is 4.85. The summed E-state index contributed by atoms with van der Waals surface area (Å²) in [5.74, 6) is 7.42. The van der Waals surface area contributed by atoms with E-state index in [1.807, 2.05) is 63.2 Å². The van der Waals surface area contributed by atoms with Crippen LogP contribution in [0.2, 0.25) is 0 Å². The fourth-order valence-electron chi connectivity index (χ4n) is 3.59. The average Bonchev–Trinajstić information content (AvgIpc) is 3.41. The van der Waals surface area contributed by atoms with Gasteiger partial charge < -0.3 is 15.9 Å². The van der Waals surface area contributed by atoms with Crippen LogP contribution in [0, 0.1) is 20.8 Å². The summed E-state index contributed by atoms with van der Waals surface area (Å²) < 4.78 is 6.54. The van der Waals surface area contributed by atoms with Crippen molar-refractivity contribution < 1.29 is 9.53 Å². The third-order valence-corrected chi connectivity index (χ3v) is 6.09. The lowest BCUT2D eigenvalue weighted by molar-refractivity contribution is -0.113. The number of aromatic nitrogens is 5. The lowest BCUT2D eigenvalue weighted by atomic mass is 10.1. The van der Waals surface area contributed by atoms with E-state index >= 15 is 0 Å². The summed E-state index contributed by atoms with van der Waals surface area (Å²) in [5.41, 5.74) is 6.35. The lowest BCUT2D eigenvalue weighted by Gasteiger charge is -2.12. The van der Waals surface area contributed by atoms with Crippen LogP contribution >= 0.6 is 11.8 Å². The number of amides is 1. The summed E-state index contributed by atoms with van der Waals surface area (Å²) in [6.45, 7) is 6.00. The van der Waals surface area contributed by atoms with Crippen LogP contribution < -0.4 is 15.9 Å². The zero-order chi connectivity index (χ0) is 23.5. The molecule has 170 valence electrons. The second-order valence-corrected chi connectivity index (χ2v) is 8.62. The standard InChI is InChI=1S/C23H25N7O2S/c1-13-9-14(2)21(15(3)10-13)25-20(31)12-33-23-29-28-22(30(23)24)19-11-18(26-27-19)16-5-7-17(32-4)8-6-16/h5-11H,12,24H2,1-4H3,(H,25,31)(H,26,27). The number of nitrogens with one attached hydrogen (secondary N) is 2. The van der Waals surface area contributed by atoms with Crippen LogP contribution in [0.4, 0.5) is 5.69 Å². The molecule has 0 saturated carbocycles. The molecule has 4 rings (SSSR count). The minimum absolute atomic E-state index is 0.136. The summed E-state index contributed by atoms with van der Waals surface area (Å²) in [5, 5.41) is 19.0. The van der Waals surface area contributed by atoms with E-state index in [9.17, 15) is 4.79 Å². The number of rotatable bonds is 7. The molecular weight excluding hydrogens is 438 g/mol. The van der Waals surface area contributed by atoms with Crippen molar-refractivity contribution in [2.75, 3.05) is 24.0 Å². The monoisotopic (exact) mass is 463 g/mol. The molecule has 10 heteroatoms. The van der Waals surface area contributed by atoms with Gasteiger partial charge >= 0.3 is 0 Å². The molecule has 0 aliphatic heterocycles. The molecule has 0 atom stereocenters. The van der Waals surface area contributed by atoms with E-state index in [2.05, 4.69) is 25.7 Å². The van der Waals surface area contributed by atoms with Gasteiger partial charge in [0.05, 0.1) is 18.6 Å². The van der Waals surface area contributed by atoms with E-state index in [4.69, 9.17) is 10.6 Å². The van der Waals surface area contributed by atoms with Gasteiger partial charge in [-0.15, -0.1) is 10.2 Å². The van der Waals surface area contributed by atoms with Crippen molar-refractivity contribution in [3.8, 4) is 28.5 Å². The number of hydrogen-bond acceptors (Lipinski definition) is 7. The van der Waals surface area contributed by atoms with Crippen molar-refractivity contribution in [2.24, 2.45) is 0 Å². The maximum absolute atomic E-state index is 12.5. The topological polar surface area (TPSA) is 124 Å². The molecule has 0 fully saturated rings. The first-order chi connectivity index (χ1) is 15.9. The second kappa shape index (κ2) is 9.37. The zero-order valence-electron chi connectivity index (χ0n) is 18.8. The quantitative estimate of drug-likeness (QED) is 0.282. The van der Waals surface area contributed by atoms with Crippen molar-refractivity contribution in [2.45, 2.75) is 25.9 Å². The Kier molecular flexibility index (Phi) is 6.36. The highest BCUT2D eigenvalue weighted by Crippen LogP contribution is 2.26. The molecule has 0 unspecified atom stereocenters. The van der Waals surface area contributed by atoms with Crippen molar-refractivity contribution in [1.29, 1.82) is 0 Å². The summed E-state index contributed by atoms with van der Waals surface area (Å²) >= 11 is 1.22. The van der Waals surface area contributed by atoms with Crippen molar-refractivity contribution in [1.82, 2.24) is 25.1 Å². The van der Waals surface area contributed by atoms with Gasteiger partial charge in [-0.25, -0.2) is 4.68 Å². The predicted octanol–water partition coefficient (Wildman–Crippen LogP) is 3.71. The number of H-pyrrole nitrogens is 1. The zero-order valence-corrected chi connectivity index (χ0v) is 19.7. The molecular formula is C23H25N7O2S. The van der Waals surface area contributed by atoms with Gasteiger partial charge in [0.2, 0.25) is 16.9 Å². The van der Waals surface area contributed by atoms with Gasteiger partial charge in [-0.1, -0.05) is 29.5 Å². The van der Waals surface area contributed by atoms with E-state index in [0.29, 0.717) is 16.7 Å². The molecule has 4 aromatic rings. The van der Waals surface area contributed by atoms with E-state index < -0.39 is 0 Å². The number of hydrogen-bond donors (Lipinski definition) is 3. The number of nitrogens with zero attached hydrogens (tertiary/aromatic N) is 4. The Morgan fingerprint density at radius 3 is 2.48 bits per heavy atom. The number of thioether (sulfide) groups is 1. The van der Waals surface area contributed by atoms with Gasteiger partial charge in [-0.2, -0.15) is 5.10 Å². The molecule has 0 aliphatic rings. The molecule has 0 bridgehead atoms. The number of benzene rings is 2. The van der Waals surface area contributed by atoms with Crippen molar-refractivity contribution in [3.63, 3.8) is 0 Å². The molecule has 0 saturated heterocycles. The van der Waals surface area contributed by atoms with E-state index in [-0.39, 0.29) is 11.7 Å². The van der Waals surface area contributed by atoms with E-state index in [1.165, 1.54) is 16.4 Å². The predicted molar refractivity (Wildman–Crippen MR) is 130 cm³/mol. The van der Waals surface area contributed by atoms with Gasteiger partial charge in [0.25, 0.3) is 0 Å². The Morgan fingerprint density at radius 1 is 1.12 bits per heavy atom. The molecule has 1 amide bonds. The van der Waals surface area contributed by atoms with Gasteiger partial charge in [-0.05, 0) is 62.2 Å². The number of ether oxygens (including phenoxy) is 1. The normalized spacial score (nSPS) is 10.9. The van der Waals surface area contributed by atoms with Crippen LogP contribution in [0.3, 0.4) is 0 Å². The summed E-state index contributed by atoms with van der Waals surface area (Å²) in [4.78, 5) is 12.5. The van der Waals surface area contributed by atoms with Crippen LogP contribution in [0.5, 0.6) is 5.75 Å². The molecule has 2 aromatic heterocycles. The number of methoxy groups -OCH3 is 1. The highest BCUT2D eigenvalue weighted by molar-refractivity contribution is 7.99. The van der Waals surface area contributed by atoms with Crippen LogP contribution in [-0.2, 0) is 4.79 Å². The molecule has 0 spiro atoms. The van der Waals surface area contributed by atoms with Gasteiger partial charge in [0.1, 0.15) is 11.4 Å². The van der Waals surface area contributed by atoms with Crippen molar-refractivity contribution in [3.05, 3.63) is 59.2 Å². The number of aryl methyl sites for hydroxylation is 3. The van der Waals surface area contributed by atoms with Gasteiger partial charge in [0.15, 0.2) is 0 Å². The first-order valence-corrected chi connectivity index (χ1v) is 11.3. The molecule has 2 heterocycles. The minimum atomic E-state index is -0.136. The fraction of sp³-hybridized carbons (Fsp3) is 0.217. The largest absolute Gasteiger partial charge is 0.497 e. The fourth-order valence-corrected chi connectivity index (χ4v) is 4.24. The Balaban J connectivity index is 1.43. The van der Waals surface area contributed by atoms with E-state index in [0.717, 1.165) is 39.4 Å². The van der Waals surface area contributed by atoms with E-state index in [1.54, 1.807) is 7.11 Å². The smallest absolute Gasteiger partial charge is 0.234 e. The molecule has 0 aliphatic carbocycles. The minimum Gasteiger partial charge on any atom is -0.497 e. The Hall–Kier alpha value is -3.79. The summed E-state index contributed by atoms with van der Waals surface area (Å²) in [6.07, 6.45) is 0. The van der Waals surface area contributed by atoms with Gasteiger partial charge in [-0.3, -0.25) is 9.89 Å². The van der Waals surface area contributed by atoms with Crippen LogP contribution in [-0.4, -0.2) is 43.8 Å². The molecule has 9 nitrogen and oxygen atoms in total. The Labute approximate surface area is 195 Å². The number of carbonyl (C=O) groups is 1. The van der Waals surface area contributed by atoms with Crippen LogP contribution in [0.1, 0.15) is 16.7 Å². The maximum Gasteiger partial charge on any atom is 0.234 e. The number of nitrogens with two attached hydrogens (primary N) is 1. The third-order valence-electron chi connectivity index (χ3n) is 5.14. The summed E-state index contributed by atoms with van der Waals surface area (Å²) in [7, 11) is 1.62. The van der Waals surface area contributed by atoms with Crippen LogP contribution in [0.25, 0.3) is 22.8 Å². The number of anilines is 1. The molecule has 4 N–H and O–H groups in total. The SMILES string of the molecule is COc1ccc(-c2cc(-c3nnc(SCC(=O)Nc4c(C)cc(C)cc4C)n3N)[nH]n2)cc1. The summed E-state index contributed by atoms with van der Waals surface area (Å²) in [6, 6.07) is 13.5. The number of aromatic amines is 1. The number of carbonyl (C=O) groups excluding carboxylic acids is 1. The average molecular weight is 464 g/mol. The van der Waals surface area contributed by atoms with Crippen molar-refractivity contribution >= 4 is 23.4 Å². The first kappa shape index (κ1) is 22.4. The van der Waals surface area contributed by atoms with Gasteiger partial charge in [0, 0.05) is 11.3 Å². The first-order valence-electron chi connectivity index (χ1n) is 10.3. The Bertz CT molecular complexity index is 1270. The van der Waals surface area contributed by atoms with Crippen LogP contribution in [0.15, 0.2) is 47.6 Å². The molecule has 2 aromatic carbocycles. The second-order valence-electron chi connectivity index (χ2n) is 7.68. The molecule has 0 radical (unpaired) electrons. The maximum atomic E-state index is 12.5. The highest BCUT2D eigenvalue weighted by Gasteiger charge is 2.17. The Morgan fingerprint density at radius 2 is 1.82 bits per heavy atom. The molecule has 33 heavy (non-hydrogen) atoms.